The van der Waals surface area contributed by atoms with Crippen LogP contribution in [0, 0.1) is 0 Å². The van der Waals surface area contributed by atoms with Crippen molar-refractivity contribution in [1.82, 2.24) is 14.9 Å². The molecule has 0 radical (unpaired) electrons. The predicted octanol–water partition coefficient (Wildman–Crippen LogP) is 0.429. The lowest BCUT2D eigenvalue weighted by Crippen LogP contribution is -2.34. The van der Waals surface area contributed by atoms with Gasteiger partial charge in [-0.15, -0.1) is 5.10 Å². The molecule has 0 aliphatic heterocycles. The number of amides is 1. The van der Waals surface area contributed by atoms with Crippen molar-refractivity contribution in [2.24, 2.45) is 0 Å². The maximum atomic E-state index is 11.5. The van der Waals surface area contributed by atoms with E-state index in [-0.39, 0.29) is 18.6 Å². The second-order valence-electron chi connectivity index (χ2n) is 2.87. The van der Waals surface area contributed by atoms with Crippen LogP contribution < -0.4 is 5.32 Å². The Balaban J connectivity index is 2.47. The number of aromatic nitrogens is 2. The molecule has 0 spiro atoms. The summed E-state index contributed by atoms with van der Waals surface area (Å²) in [6.45, 7) is 2.05. The molecule has 0 aromatic carbocycles. The molecule has 0 aliphatic rings. The molecule has 6 heteroatoms. The second-order valence-corrected chi connectivity index (χ2v) is 3.66. The molecule has 1 rings (SSSR count). The van der Waals surface area contributed by atoms with Crippen molar-refractivity contribution in [3.8, 4) is 0 Å². The van der Waals surface area contributed by atoms with Crippen molar-refractivity contribution >= 4 is 17.4 Å². The molecule has 2 N–H and O–H groups in total. The second kappa shape index (κ2) is 5.66. The largest absolute Gasteiger partial charge is 0.396 e. The number of nitrogens with zero attached hydrogens (tertiary/aromatic N) is 2. The van der Waals surface area contributed by atoms with Crippen molar-refractivity contribution in [1.29, 1.82) is 0 Å². The van der Waals surface area contributed by atoms with E-state index < -0.39 is 0 Å². The average Bonchev–Trinajstić information content (AvgIpc) is 2.69. The van der Waals surface area contributed by atoms with E-state index in [1.54, 1.807) is 0 Å². The zero-order valence-corrected chi connectivity index (χ0v) is 8.75. The van der Waals surface area contributed by atoms with Crippen LogP contribution >= 0.6 is 11.5 Å². The molecule has 0 aliphatic carbocycles. The summed E-state index contributed by atoms with van der Waals surface area (Å²) in [7, 11) is 0. The number of nitrogens with one attached hydrogen (secondary N) is 1. The van der Waals surface area contributed by atoms with Crippen molar-refractivity contribution in [2.45, 2.75) is 25.8 Å². The fourth-order valence-corrected chi connectivity index (χ4v) is 1.48. The van der Waals surface area contributed by atoms with E-state index in [9.17, 15) is 4.79 Å². The smallest absolute Gasteiger partial charge is 0.264 e. The molecular formula is C8H13N3O2S. The normalized spacial score (nSPS) is 12.4. The minimum absolute atomic E-state index is 0.0228. The zero-order chi connectivity index (χ0) is 10.4. The Labute approximate surface area is 86.3 Å². The molecule has 1 heterocycles. The minimum atomic E-state index is -0.166. The summed E-state index contributed by atoms with van der Waals surface area (Å²) in [6, 6.07) is 0.0228. The van der Waals surface area contributed by atoms with Crippen molar-refractivity contribution in [2.75, 3.05) is 6.61 Å². The Morgan fingerprint density at radius 3 is 3.07 bits per heavy atom. The molecule has 1 amide bonds. The van der Waals surface area contributed by atoms with Crippen molar-refractivity contribution < 1.29 is 9.90 Å². The highest BCUT2D eigenvalue weighted by atomic mass is 32.1. The van der Waals surface area contributed by atoms with Gasteiger partial charge in [-0.25, -0.2) is 0 Å². The van der Waals surface area contributed by atoms with Crippen LogP contribution in [-0.2, 0) is 0 Å². The van der Waals surface area contributed by atoms with Crippen LogP contribution in [0.3, 0.4) is 0 Å². The Hall–Kier alpha value is -1.01. The molecule has 1 unspecified atom stereocenters. The number of aliphatic hydroxyl groups is 1. The summed E-state index contributed by atoms with van der Waals surface area (Å²) < 4.78 is 3.60. The summed E-state index contributed by atoms with van der Waals surface area (Å²) in [5, 5.41) is 15.1. The highest BCUT2D eigenvalue weighted by molar-refractivity contribution is 7.07. The SMILES string of the molecule is CCC(CCO)NC(=O)c1cnns1. The fourth-order valence-electron chi connectivity index (χ4n) is 1.06. The maximum absolute atomic E-state index is 11.5. The molecule has 1 aromatic rings. The number of carbonyl (C=O) groups excluding carboxylic acids is 1. The summed E-state index contributed by atoms with van der Waals surface area (Å²) >= 11 is 1.07. The molecule has 0 saturated heterocycles. The van der Waals surface area contributed by atoms with E-state index in [0.29, 0.717) is 11.3 Å². The first-order valence-corrected chi connectivity index (χ1v) is 5.24. The monoisotopic (exact) mass is 215 g/mol. The van der Waals surface area contributed by atoms with E-state index >= 15 is 0 Å². The van der Waals surface area contributed by atoms with Gasteiger partial charge in [-0.05, 0) is 24.4 Å². The molecule has 0 fully saturated rings. The maximum Gasteiger partial charge on any atom is 0.264 e. The number of carbonyl (C=O) groups is 1. The van der Waals surface area contributed by atoms with Gasteiger partial charge in [-0.1, -0.05) is 11.4 Å². The Bertz CT molecular complexity index is 276. The number of hydrogen-bond acceptors (Lipinski definition) is 5. The van der Waals surface area contributed by atoms with Gasteiger partial charge in [0.1, 0.15) is 4.88 Å². The standard InChI is InChI=1S/C8H13N3O2S/c1-2-6(3-4-12)10-8(13)7-5-9-11-14-7/h5-6,12H,2-4H2,1H3,(H,10,13). The lowest BCUT2D eigenvalue weighted by molar-refractivity contribution is 0.0933. The summed E-state index contributed by atoms with van der Waals surface area (Å²) in [4.78, 5) is 12.0. The van der Waals surface area contributed by atoms with E-state index in [1.807, 2.05) is 6.92 Å². The van der Waals surface area contributed by atoms with Gasteiger partial charge >= 0.3 is 0 Å². The van der Waals surface area contributed by atoms with E-state index in [1.165, 1.54) is 6.20 Å². The van der Waals surface area contributed by atoms with Crippen LogP contribution in [0.2, 0.25) is 0 Å². The first-order valence-electron chi connectivity index (χ1n) is 4.47. The van der Waals surface area contributed by atoms with Gasteiger partial charge in [0.2, 0.25) is 0 Å². The van der Waals surface area contributed by atoms with Crippen LogP contribution in [0.4, 0.5) is 0 Å². The van der Waals surface area contributed by atoms with Crippen LogP contribution in [0.5, 0.6) is 0 Å². The molecule has 1 aromatic heterocycles. The molecule has 5 nitrogen and oxygen atoms in total. The molecule has 0 saturated carbocycles. The van der Waals surface area contributed by atoms with Gasteiger partial charge in [0.25, 0.3) is 5.91 Å². The Morgan fingerprint density at radius 2 is 2.57 bits per heavy atom. The third kappa shape index (κ3) is 3.04. The van der Waals surface area contributed by atoms with E-state index in [0.717, 1.165) is 18.0 Å². The van der Waals surface area contributed by atoms with Gasteiger partial charge < -0.3 is 10.4 Å². The van der Waals surface area contributed by atoms with Crippen LogP contribution in [0.1, 0.15) is 29.4 Å². The predicted molar refractivity (Wildman–Crippen MR) is 53.2 cm³/mol. The van der Waals surface area contributed by atoms with Gasteiger partial charge in [0, 0.05) is 12.6 Å². The van der Waals surface area contributed by atoms with E-state index in [4.69, 9.17) is 5.11 Å². The molecule has 14 heavy (non-hydrogen) atoms. The third-order valence-corrected chi connectivity index (χ3v) is 2.55. The molecule has 78 valence electrons. The lowest BCUT2D eigenvalue weighted by Gasteiger charge is -2.14. The first kappa shape index (κ1) is 11.1. The van der Waals surface area contributed by atoms with Crippen LogP contribution in [-0.4, -0.2) is 33.2 Å². The van der Waals surface area contributed by atoms with Crippen LogP contribution in [0.15, 0.2) is 6.20 Å². The van der Waals surface area contributed by atoms with Gasteiger partial charge in [0.05, 0.1) is 6.20 Å². The van der Waals surface area contributed by atoms with Crippen molar-refractivity contribution in [3.05, 3.63) is 11.1 Å². The summed E-state index contributed by atoms with van der Waals surface area (Å²) in [5.41, 5.74) is 0. The average molecular weight is 215 g/mol. The lowest BCUT2D eigenvalue weighted by atomic mass is 10.1. The Morgan fingerprint density at radius 1 is 1.79 bits per heavy atom. The molecule has 0 bridgehead atoms. The quantitative estimate of drug-likeness (QED) is 0.747. The number of hydrogen-bond donors (Lipinski definition) is 2. The van der Waals surface area contributed by atoms with E-state index in [2.05, 4.69) is 14.9 Å². The van der Waals surface area contributed by atoms with Gasteiger partial charge in [-0.3, -0.25) is 4.79 Å². The topological polar surface area (TPSA) is 75.1 Å². The van der Waals surface area contributed by atoms with Crippen molar-refractivity contribution in [3.63, 3.8) is 0 Å². The highest BCUT2D eigenvalue weighted by Gasteiger charge is 2.13. The molecular weight excluding hydrogens is 202 g/mol. The summed E-state index contributed by atoms with van der Waals surface area (Å²) in [5.74, 6) is -0.166. The minimum Gasteiger partial charge on any atom is -0.396 e. The fraction of sp³-hybridized carbons (Fsp3) is 0.625. The zero-order valence-electron chi connectivity index (χ0n) is 7.93. The highest BCUT2D eigenvalue weighted by Crippen LogP contribution is 2.04. The number of aliphatic hydroxyl groups excluding tert-OH is 1. The molecule has 1 atom stereocenters. The number of rotatable bonds is 5. The first-order chi connectivity index (χ1) is 6.77. The van der Waals surface area contributed by atoms with Gasteiger partial charge in [-0.2, -0.15) is 0 Å². The van der Waals surface area contributed by atoms with Crippen LogP contribution in [0.25, 0.3) is 0 Å². The van der Waals surface area contributed by atoms with Gasteiger partial charge in [0.15, 0.2) is 0 Å². The third-order valence-electron chi connectivity index (χ3n) is 1.89. The Kier molecular flexibility index (Phi) is 4.48. The summed E-state index contributed by atoms with van der Waals surface area (Å²) in [6.07, 6.45) is 2.82.